The maximum absolute atomic E-state index is 13.2. The van der Waals surface area contributed by atoms with Crippen LogP contribution < -0.4 is 15.0 Å². The van der Waals surface area contributed by atoms with E-state index < -0.39 is 11.8 Å². The molecule has 2 amide bonds. The second kappa shape index (κ2) is 9.51. The zero-order valence-electron chi connectivity index (χ0n) is 16.4. The molecule has 6 nitrogen and oxygen atoms in total. The van der Waals surface area contributed by atoms with Crippen molar-refractivity contribution in [2.45, 2.75) is 13.3 Å². The number of nitrogens with zero attached hydrogens (tertiary/aromatic N) is 1. The number of hydrogen-bond donors (Lipinski definition) is 2. The zero-order chi connectivity index (χ0) is 22.7. The number of ether oxygens (including phenoxy) is 1. The van der Waals surface area contributed by atoms with Gasteiger partial charge in [-0.05, 0) is 61.5 Å². The molecule has 0 radical (unpaired) electrons. The number of phenols is 1. The zero-order valence-corrected chi connectivity index (χ0v) is 18.8. The van der Waals surface area contributed by atoms with E-state index in [2.05, 4.69) is 11.9 Å². The molecule has 0 aliphatic carbocycles. The van der Waals surface area contributed by atoms with Gasteiger partial charge in [0.2, 0.25) is 0 Å². The molecule has 1 saturated heterocycles. The second-order valence-electron chi connectivity index (χ2n) is 6.48. The van der Waals surface area contributed by atoms with Gasteiger partial charge in [0.1, 0.15) is 5.57 Å². The van der Waals surface area contributed by atoms with E-state index in [1.807, 2.05) is 0 Å². The Hall–Kier alpha value is -2.87. The Morgan fingerprint density at radius 2 is 2.03 bits per heavy atom. The van der Waals surface area contributed by atoms with E-state index in [1.54, 1.807) is 43.3 Å². The third-order valence-corrected chi connectivity index (χ3v) is 5.52. The van der Waals surface area contributed by atoms with Crippen LogP contribution in [0.2, 0.25) is 10.0 Å². The molecule has 0 saturated carbocycles. The summed E-state index contributed by atoms with van der Waals surface area (Å²) in [5.41, 5.74) is 1.12. The minimum atomic E-state index is -0.658. The number of benzene rings is 2. The van der Waals surface area contributed by atoms with E-state index in [1.165, 1.54) is 6.08 Å². The summed E-state index contributed by atoms with van der Waals surface area (Å²) in [6.07, 6.45) is 3.40. The fourth-order valence-electron chi connectivity index (χ4n) is 3.06. The number of halogens is 2. The van der Waals surface area contributed by atoms with Crippen LogP contribution in [0.25, 0.3) is 6.08 Å². The Balaban J connectivity index is 2.10. The molecule has 1 aliphatic heterocycles. The van der Waals surface area contributed by atoms with Crippen molar-refractivity contribution in [2.24, 2.45) is 0 Å². The summed E-state index contributed by atoms with van der Waals surface area (Å²) in [4.78, 5) is 26.9. The van der Waals surface area contributed by atoms with Gasteiger partial charge in [-0.25, -0.2) is 0 Å². The number of thiocarbonyl (C=S) groups is 1. The third kappa shape index (κ3) is 4.58. The fourth-order valence-corrected chi connectivity index (χ4v) is 3.71. The van der Waals surface area contributed by atoms with Gasteiger partial charge in [-0.2, -0.15) is 0 Å². The summed E-state index contributed by atoms with van der Waals surface area (Å²) in [5.74, 6) is -1.09. The molecule has 1 aliphatic rings. The monoisotopic (exact) mass is 476 g/mol. The van der Waals surface area contributed by atoms with Crippen LogP contribution in [0.1, 0.15) is 18.1 Å². The molecule has 0 atom stereocenters. The molecule has 3 rings (SSSR count). The molecular weight excluding hydrogens is 459 g/mol. The first-order valence-electron chi connectivity index (χ1n) is 9.23. The predicted molar refractivity (Wildman–Crippen MR) is 126 cm³/mol. The molecule has 1 fully saturated rings. The highest BCUT2D eigenvalue weighted by molar-refractivity contribution is 7.80. The lowest BCUT2D eigenvalue weighted by molar-refractivity contribution is -0.122. The maximum Gasteiger partial charge on any atom is 0.270 e. The van der Waals surface area contributed by atoms with Crippen molar-refractivity contribution in [3.63, 3.8) is 0 Å². The summed E-state index contributed by atoms with van der Waals surface area (Å²) >= 11 is 17.5. The van der Waals surface area contributed by atoms with Crippen molar-refractivity contribution in [3.05, 3.63) is 69.7 Å². The Morgan fingerprint density at radius 1 is 1.29 bits per heavy atom. The molecule has 0 unspecified atom stereocenters. The lowest BCUT2D eigenvalue weighted by Gasteiger charge is -2.29. The first kappa shape index (κ1) is 22.8. The van der Waals surface area contributed by atoms with Crippen LogP contribution in [0.15, 0.2) is 48.6 Å². The van der Waals surface area contributed by atoms with E-state index in [0.717, 1.165) is 4.90 Å². The van der Waals surface area contributed by atoms with Crippen molar-refractivity contribution in [3.8, 4) is 11.5 Å². The van der Waals surface area contributed by atoms with Crippen LogP contribution in [-0.2, 0) is 16.0 Å². The number of allylic oxidation sites excluding steroid dienone is 1. The summed E-state index contributed by atoms with van der Waals surface area (Å²) in [5, 5.41) is 13.1. The fraction of sp³-hybridized carbons (Fsp3) is 0.136. The molecule has 31 heavy (non-hydrogen) atoms. The van der Waals surface area contributed by atoms with Crippen molar-refractivity contribution in [1.82, 2.24) is 5.32 Å². The number of hydrogen-bond acceptors (Lipinski definition) is 5. The van der Waals surface area contributed by atoms with Gasteiger partial charge in [-0.3, -0.25) is 19.8 Å². The highest BCUT2D eigenvalue weighted by atomic mass is 35.5. The average molecular weight is 477 g/mol. The van der Waals surface area contributed by atoms with Crippen LogP contribution in [-0.4, -0.2) is 28.6 Å². The lowest BCUT2D eigenvalue weighted by Crippen LogP contribution is -2.54. The number of rotatable bonds is 6. The SMILES string of the molecule is C=CCc1cc(/C=C2\C(=O)NC(=S)N(c3cccc(Cl)c3Cl)C2=O)cc(OCC)c1O. The van der Waals surface area contributed by atoms with Gasteiger partial charge >= 0.3 is 0 Å². The van der Waals surface area contributed by atoms with Gasteiger partial charge in [-0.1, -0.05) is 35.3 Å². The van der Waals surface area contributed by atoms with Crippen molar-refractivity contribution in [1.29, 1.82) is 0 Å². The molecule has 1 heterocycles. The lowest BCUT2D eigenvalue weighted by atomic mass is 10.0. The van der Waals surface area contributed by atoms with E-state index in [4.69, 9.17) is 40.2 Å². The summed E-state index contributed by atoms with van der Waals surface area (Å²) in [7, 11) is 0. The Bertz CT molecular complexity index is 1130. The van der Waals surface area contributed by atoms with Crippen LogP contribution >= 0.6 is 35.4 Å². The molecule has 2 N–H and O–H groups in total. The third-order valence-electron chi connectivity index (χ3n) is 4.43. The number of carbonyl (C=O) groups is 2. The minimum Gasteiger partial charge on any atom is -0.504 e. The number of amides is 2. The van der Waals surface area contributed by atoms with Crippen LogP contribution in [0.4, 0.5) is 5.69 Å². The van der Waals surface area contributed by atoms with E-state index in [0.29, 0.717) is 24.2 Å². The smallest absolute Gasteiger partial charge is 0.270 e. The molecule has 2 aromatic rings. The van der Waals surface area contributed by atoms with Gasteiger partial charge < -0.3 is 9.84 Å². The average Bonchev–Trinajstić information content (AvgIpc) is 2.72. The number of nitrogens with one attached hydrogen (secondary N) is 1. The van der Waals surface area contributed by atoms with Gasteiger partial charge in [0, 0.05) is 5.56 Å². The number of anilines is 1. The molecule has 0 bridgehead atoms. The Labute approximate surface area is 194 Å². The maximum atomic E-state index is 13.2. The van der Waals surface area contributed by atoms with Crippen molar-refractivity contribution in [2.75, 3.05) is 11.5 Å². The molecule has 0 spiro atoms. The van der Waals surface area contributed by atoms with Gasteiger partial charge in [0.05, 0.1) is 22.3 Å². The molecular formula is C22H18Cl2N2O4S. The predicted octanol–water partition coefficient (Wildman–Crippen LogP) is 4.66. The van der Waals surface area contributed by atoms with Gasteiger partial charge in [-0.15, -0.1) is 6.58 Å². The first-order chi connectivity index (χ1) is 14.8. The molecule has 160 valence electrons. The standard InChI is InChI=1S/C22H18Cl2N2O4S/c1-3-6-13-9-12(11-17(19(13)27)30-4-2)10-14-20(28)25-22(31)26(21(14)29)16-8-5-7-15(23)18(16)24/h3,5,7-11,27H,1,4,6H2,2H3,(H,25,28,31)/b14-10+. The normalized spacial score (nSPS) is 15.3. The highest BCUT2D eigenvalue weighted by Crippen LogP contribution is 2.36. The quantitative estimate of drug-likeness (QED) is 0.274. The van der Waals surface area contributed by atoms with Crippen molar-refractivity contribution < 1.29 is 19.4 Å². The largest absolute Gasteiger partial charge is 0.504 e. The van der Waals surface area contributed by atoms with E-state index in [9.17, 15) is 14.7 Å². The van der Waals surface area contributed by atoms with Gasteiger partial charge in [0.25, 0.3) is 11.8 Å². The van der Waals surface area contributed by atoms with Gasteiger partial charge in [0.15, 0.2) is 16.6 Å². The molecule has 9 heteroatoms. The summed E-state index contributed by atoms with van der Waals surface area (Å²) < 4.78 is 5.48. The first-order valence-corrected chi connectivity index (χ1v) is 10.4. The number of aromatic hydroxyl groups is 1. The summed E-state index contributed by atoms with van der Waals surface area (Å²) in [6, 6.07) is 7.96. The Kier molecular flexibility index (Phi) is 7.00. The van der Waals surface area contributed by atoms with Crippen LogP contribution in [0.5, 0.6) is 11.5 Å². The Morgan fingerprint density at radius 3 is 2.71 bits per heavy atom. The van der Waals surface area contributed by atoms with E-state index >= 15 is 0 Å². The van der Waals surface area contributed by atoms with Crippen LogP contribution in [0, 0.1) is 0 Å². The van der Waals surface area contributed by atoms with E-state index in [-0.39, 0.29) is 37.9 Å². The van der Waals surface area contributed by atoms with Crippen LogP contribution in [0.3, 0.4) is 0 Å². The number of phenolic OH excluding ortho intramolecular Hbond substituents is 1. The highest BCUT2D eigenvalue weighted by Gasteiger charge is 2.35. The molecule has 0 aromatic heterocycles. The second-order valence-corrected chi connectivity index (χ2v) is 7.66. The topological polar surface area (TPSA) is 78.9 Å². The minimum absolute atomic E-state index is 0.0168. The van der Waals surface area contributed by atoms with Crippen molar-refractivity contribution >= 4 is 64.1 Å². The molecule has 2 aromatic carbocycles. The summed E-state index contributed by atoms with van der Waals surface area (Å²) in [6.45, 7) is 5.79. The number of carbonyl (C=O) groups excluding carboxylic acids is 2.